The van der Waals surface area contributed by atoms with Crippen molar-refractivity contribution in [3.63, 3.8) is 0 Å². The topological polar surface area (TPSA) is 62.2 Å². The van der Waals surface area contributed by atoms with E-state index in [-0.39, 0.29) is 18.9 Å². The highest BCUT2D eigenvalue weighted by atomic mass is 32.2. The number of alkyl halides is 3. The maximum atomic E-state index is 14.9. The van der Waals surface area contributed by atoms with Gasteiger partial charge in [-0.2, -0.15) is 0 Å². The van der Waals surface area contributed by atoms with Crippen molar-refractivity contribution in [1.29, 1.82) is 0 Å². The summed E-state index contributed by atoms with van der Waals surface area (Å²) >= 11 is 1.23. The number of halogens is 3. The second kappa shape index (κ2) is 8.35. The minimum absolute atomic E-state index is 0.0621. The summed E-state index contributed by atoms with van der Waals surface area (Å²) in [6, 6.07) is 4.02. The first kappa shape index (κ1) is 19.8. The number of rotatable bonds is 6. The van der Waals surface area contributed by atoms with Crippen LogP contribution in [0.5, 0.6) is 5.75 Å². The van der Waals surface area contributed by atoms with Crippen molar-refractivity contribution < 1.29 is 32.9 Å². The van der Waals surface area contributed by atoms with E-state index >= 15 is 0 Å². The zero-order valence-corrected chi connectivity index (χ0v) is 15.0. The molecule has 9 heteroatoms. The number of hydrogen-bond acceptors (Lipinski definition) is 6. The molecule has 2 aliphatic rings. The van der Waals surface area contributed by atoms with Gasteiger partial charge in [0.05, 0.1) is 19.8 Å². The fourth-order valence-corrected chi connectivity index (χ4v) is 4.78. The molecule has 6 atom stereocenters. The van der Waals surface area contributed by atoms with Crippen LogP contribution in [0.1, 0.15) is 5.56 Å². The van der Waals surface area contributed by atoms with Crippen molar-refractivity contribution in [2.45, 2.75) is 48.7 Å². The minimum atomic E-state index is -2.94. The number of benzene rings is 1. The van der Waals surface area contributed by atoms with E-state index in [9.17, 15) is 23.4 Å². The molecule has 26 heavy (non-hydrogen) atoms. The van der Waals surface area contributed by atoms with Gasteiger partial charge < -0.3 is 19.7 Å². The maximum Gasteiger partial charge on any atom is 0.256 e. The van der Waals surface area contributed by atoms with Gasteiger partial charge in [-0.3, -0.25) is 4.90 Å². The Morgan fingerprint density at radius 1 is 1.27 bits per heavy atom. The van der Waals surface area contributed by atoms with E-state index in [0.717, 1.165) is 0 Å². The molecule has 0 spiro atoms. The van der Waals surface area contributed by atoms with Gasteiger partial charge in [0, 0.05) is 12.3 Å². The highest BCUT2D eigenvalue weighted by Crippen LogP contribution is 2.39. The van der Waals surface area contributed by atoms with Crippen LogP contribution in [-0.4, -0.2) is 77.0 Å². The summed E-state index contributed by atoms with van der Waals surface area (Å²) in [7, 11) is 1.51. The number of methoxy groups -OCH3 is 1. The lowest BCUT2D eigenvalue weighted by Crippen LogP contribution is -2.60. The molecule has 0 amide bonds. The molecule has 0 aromatic heterocycles. The van der Waals surface area contributed by atoms with Crippen LogP contribution in [0, 0.1) is 0 Å². The zero-order chi connectivity index (χ0) is 18.8. The Balaban J connectivity index is 1.75. The summed E-state index contributed by atoms with van der Waals surface area (Å²) in [4.78, 5) is 1.24. The number of ether oxygens (including phenoxy) is 2. The van der Waals surface area contributed by atoms with Gasteiger partial charge in [-0.1, -0.05) is 12.1 Å². The number of aliphatic hydroxyl groups is 2. The summed E-state index contributed by atoms with van der Waals surface area (Å²) in [6.45, 7) is -0.0621. The molecule has 0 radical (unpaired) electrons. The van der Waals surface area contributed by atoms with Gasteiger partial charge in [0.1, 0.15) is 35.6 Å². The number of fused-ring (bicyclic) bond motifs is 1. The zero-order valence-electron chi connectivity index (χ0n) is 14.2. The molecular formula is C17H22F3NO4S. The molecule has 0 bridgehead atoms. The summed E-state index contributed by atoms with van der Waals surface area (Å²) in [5.41, 5.74) is 0.0238. The second-order valence-electron chi connectivity index (χ2n) is 6.45. The minimum Gasteiger partial charge on any atom is -0.497 e. The Kier molecular flexibility index (Phi) is 6.34. The van der Waals surface area contributed by atoms with Crippen LogP contribution >= 0.6 is 11.8 Å². The van der Waals surface area contributed by atoms with Gasteiger partial charge in [0.2, 0.25) is 0 Å². The lowest BCUT2D eigenvalue weighted by molar-refractivity contribution is -0.153. The number of aliphatic hydroxyl groups excluding tert-OH is 2. The van der Waals surface area contributed by atoms with E-state index in [4.69, 9.17) is 9.47 Å². The van der Waals surface area contributed by atoms with Crippen molar-refractivity contribution in [3.05, 3.63) is 29.8 Å². The average molecular weight is 393 g/mol. The predicted molar refractivity (Wildman–Crippen MR) is 91.2 cm³/mol. The second-order valence-corrected chi connectivity index (χ2v) is 7.51. The average Bonchev–Trinajstić information content (AvgIpc) is 3.03. The summed E-state index contributed by atoms with van der Waals surface area (Å²) < 4.78 is 52.7. The standard InChI is InChI=1S/C17H22F3NO4S/c1-24-10-4-2-9(3-5-10)6-11(18)13(16(19)20)21-8-26-17-14(21)15(23)12(22)7-25-17/h2-5,11-17,22-23H,6-8H2,1H3. The first-order valence-electron chi connectivity index (χ1n) is 8.32. The van der Waals surface area contributed by atoms with E-state index in [0.29, 0.717) is 11.3 Å². The van der Waals surface area contributed by atoms with Crippen LogP contribution in [-0.2, 0) is 11.2 Å². The van der Waals surface area contributed by atoms with Gasteiger partial charge in [0.25, 0.3) is 6.43 Å². The molecular weight excluding hydrogens is 371 g/mol. The van der Waals surface area contributed by atoms with E-state index in [1.54, 1.807) is 24.3 Å². The molecule has 1 aromatic rings. The van der Waals surface area contributed by atoms with Crippen molar-refractivity contribution >= 4 is 11.8 Å². The highest BCUT2D eigenvalue weighted by molar-refractivity contribution is 8.00. The molecule has 2 saturated heterocycles. The first-order chi connectivity index (χ1) is 12.4. The third kappa shape index (κ3) is 3.96. The normalized spacial score (nSPS) is 31.7. The molecule has 2 aliphatic heterocycles. The van der Waals surface area contributed by atoms with Crippen LogP contribution in [0.2, 0.25) is 0 Å². The fourth-order valence-electron chi connectivity index (χ4n) is 3.43. The SMILES string of the molecule is COc1ccc(CC(F)C(C(F)F)N2CSC3OCC(O)C(O)C32)cc1. The Hall–Kier alpha value is -1.00. The van der Waals surface area contributed by atoms with E-state index in [1.807, 2.05) is 0 Å². The molecule has 2 heterocycles. The Bertz CT molecular complexity index is 594. The van der Waals surface area contributed by atoms with Crippen LogP contribution in [0.3, 0.4) is 0 Å². The number of nitrogens with zero attached hydrogens (tertiary/aromatic N) is 1. The highest BCUT2D eigenvalue weighted by Gasteiger charge is 2.52. The van der Waals surface area contributed by atoms with Crippen molar-refractivity contribution in [1.82, 2.24) is 4.90 Å². The number of thioether (sulfide) groups is 1. The number of hydrogen-bond donors (Lipinski definition) is 2. The van der Waals surface area contributed by atoms with Crippen LogP contribution in [0.25, 0.3) is 0 Å². The Labute approximate surface area is 154 Å². The molecule has 6 unspecified atom stereocenters. The first-order valence-corrected chi connectivity index (χ1v) is 9.37. The smallest absolute Gasteiger partial charge is 0.256 e. The fraction of sp³-hybridized carbons (Fsp3) is 0.647. The third-order valence-corrected chi connectivity index (χ3v) is 6.02. The van der Waals surface area contributed by atoms with Crippen LogP contribution in [0.15, 0.2) is 24.3 Å². The van der Waals surface area contributed by atoms with Gasteiger partial charge in [-0.15, -0.1) is 11.8 Å². The van der Waals surface area contributed by atoms with E-state index in [1.165, 1.54) is 23.8 Å². The molecule has 146 valence electrons. The predicted octanol–water partition coefficient (Wildman–Crippen LogP) is 1.66. The summed E-state index contributed by atoms with van der Waals surface area (Å²) in [5, 5.41) is 20.0. The van der Waals surface area contributed by atoms with Crippen molar-refractivity contribution in [2.75, 3.05) is 19.6 Å². The monoisotopic (exact) mass is 393 g/mol. The van der Waals surface area contributed by atoms with Gasteiger partial charge in [-0.05, 0) is 17.7 Å². The molecule has 3 rings (SSSR count). The third-order valence-electron chi connectivity index (χ3n) is 4.83. The van der Waals surface area contributed by atoms with Crippen molar-refractivity contribution in [3.8, 4) is 5.75 Å². The molecule has 5 nitrogen and oxygen atoms in total. The summed E-state index contributed by atoms with van der Waals surface area (Å²) in [6.07, 6.45) is -7.38. The van der Waals surface area contributed by atoms with Crippen LogP contribution < -0.4 is 4.74 Å². The molecule has 1 aromatic carbocycles. The van der Waals surface area contributed by atoms with Crippen molar-refractivity contribution in [2.24, 2.45) is 0 Å². The molecule has 2 fully saturated rings. The quantitative estimate of drug-likeness (QED) is 0.767. The van der Waals surface area contributed by atoms with Gasteiger partial charge >= 0.3 is 0 Å². The largest absolute Gasteiger partial charge is 0.497 e. The van der Waals surface area contributed by atoms with E-state index in [2.05, 4.69) is 0 Å². The molecule has 0 aliphatic carbocycles. The Morgan fingerprint density at radius 3 is 2.58 bits per heavy atom. The van der Waals surface area contributed by atoms with Gasteiger partial charge in [-0.25, -0.2) is 13.2 Å². The van der Waals surface area contributed by atoms with Crippen LogP contribution in [0.4, 0.5) is 13.2 Å². The van der Waals surface area contributed by atoms with E-state index < -0.39 is 42.3 Å². The summed E-state index contributed by atoms with van der Waals surface area (Å²) in [5.74, 6) is 0.710. The molecule has 0 saturated carbocycles. The Morgan fingerprint density at radius 2 is 1.96 bits per heavy atom. The lowest BCUT2D eigenvalue weighted by atomic mass is 9.97. The lowest BCUT2D eigenvalue weighted by Gasteiger charge is -2.41. The maximum absolute atomic E-state index is 14.9. The van der Waals surface area contributed by atoms with Gasteiger partial charge in [0.15, 0.2) is 0 Å². The molecule has 2 N–H and O–H groups in total.